The summed E-state index contributed by atoms with van der Waals surface area (Å²) in [6.07, 6.45) is 0.995. The van der Waals surface area contributed by atoms with Gasteiger partial charge >= 0.3 is 0 Å². The van der Waals surface area contributed by atoms with Gasteiger partial charge in [-0.05, 0) is 17.9 Å². The van der Waals surface area contributed by atoms with Crippen LogP contribution in [0.25, 0.3) is 0 Å². The van der Waals surface area contributed by atoms with Crippen LogP contribution < -0.4 is 11.1 Å². The third-order valence-electron chi connectivity index (χ3n) is 3.03. The summed E-state index contributed by atoms with van der Waals surface area (Å²) in [6, 6.07) is 6.27. The standard InChI is InChI=1S/C15H22N4S/c1-5-10(11-7-6-8-20-11)17-13-9-12(16)18-14(19-13)15(2,3)4/h6-10H,5H2,1-4H3,(H3,16,17,18,19). The summed E-state index contributed by atoms with van der Waals surface area (Å²) in [7, 11) is 0. The van der Waals surface area contributed by atoms with Gasteiger partial charge in [0.2, 0.25) is 0 Å². The lowest BCUT2D eigenvalue weighted by atomic mass is 9.96. The van der Waals surface area contributed by atoms with Gasteiger partial charge in [-0.1, -0.05) is 33.8 Å². The van der Waals surface area contributed by atoms with Gasteiger partial charge in [0, 0.05) is 16.4 Å². The second kappa shape index (κ2) is 5.79. The quantitative estimate of drug-likeness (QED) is 0.894. The Morgan fingerprint density at radius 3 is 2.65 bits per heavy atom. The first-order valence-electron chi connectivity index (χ1n) is 6.85. The van der Waals surface area contributed by atoms with Crippen molar-refractivity contribution in [1.82, 2.24) is 9.97 Å². The molecular weight excluding hydrogens is 268 g/mol. The number of nitrogens with zero attached hydrogens (tertiary/aromatic N) is 2. The van der Waals surface area contributed by atoms with Gasteiger partial charge < -0.3 is 11.1 Å². The summed E-state index contributed by atoms with van der Waals surface area (Å²) in [5.41, 5.74) is 5.79. The smallest absolute Gasteiger partial charge is 0.138 e. The lowest BCUT2D eigenvalue weighted by molar-refractivity contribution is 0.546. The molecule has 0 radical (unpaired) electrons. The van der Waals surface area contributed by atoms with Crippen LogP contribution in [-0.2, 0) is 5.41 Å². The van der Waals surface area contributed by atoms with E-state index in [9.17, 15) is 0 Å². The summed E-state index contributed by atoms with van der Waals surface area (Å²) in [6.45, 7) is 8.42. The highest BCUT2D eigenvalue weighted by Gasteiger charge is 2.19. The molecule has 20 heavy (non-hydrogen) atoms. The van der Waals surface area contributed by atoms with E-state index < -0.39 is 0 Å². The average Bonchev–Trinajstić information content (AvgIpc) is 2.88. The van der Waals surface area contributed by atoms with Crippen LogP contribution in [0.15, 0.2) is 23.6 Å². The Morgan fingerprint density at radius 2 is 2.10 bits per heavy atom. The number of nitrogen functional groups attached to an aromatic ring is 1. The molecule has 0 saturated heterocycles. The van der Waals surface area contributed by atoms with E-state index in [1.807, 2.05) is 0 Å². The van der Waals surface area contributed by atoms with E-state index >= 15 is 0 Å². The molecule has 3 N–H and O–H groups in total. The predicted molar refractivity (Wildman–Crippen MR) is 86.1 cm³/mol. The molecule has 2 rings (SSSR count). The van der Waals surface area contributed by atoms with Crippen molar-refractivity contribution in [2.75, 3.05) is 11.1 Å². The molecule has 2 heterocycles. The second-order valence-corrected chi connectivity index (χ2v) is 6.85. The van der Waals surface area contributed by atoms with E-state index in [2.05, 4.69) is 60.5 Å². The molecule has 5 heteroatoms. The number of nitrogens with one attached hydrogen (secondary N) is 1. The number of aromatic nitrogens is 2. The van der Waals surface area contributed by atoms with Crippen molar-refractivity contribution in [3.63, 3.8) is 0 Å². The van der Waals surface area contributed by atoms with Gasteiger partial charge in [0.1, 0.15) is 17.5 Å². The molecule has 0 amide bonds. The zero-order chi connectivity index (χ0) is 14.8. The Labute approximate surface area is 124 Å². The second-order valence-electron chi connectivity index (χ2n) is 5.87. The highest BCUT2D eigenvalue weighted by atomic mass is 32.1. The molecule has 0 spiro atoms. The first-order valence-corrected chi connectivity index (χ1v) is 7.73. The number of hydrogen-bond acceptors (Lipinski definition) is 5. The molecule has 1 unspecified atom stereocenters. The first kappa shape index (κ1) is 14.8. The largest absolute Gasteiger partial charge is 0.384 e. The van der Waals surface area contributed by atoms with Crippen molar-refractivity contribution in [3.05, 3.63) is 34.3 Å². The Balaban J connectivity index is 2.27. The summed E-state index contributed by atoms with van der Waals surface area (Å²) >= 11 is 1.75. The van der Waals surface area contributed by atoms with Gasteiger partial charge in [0.05, 0.1) is 6.04 Å². The summed E-state index contributed by atoms with van der Waals surface area (Å²) in [5, 5.41) is 5.56. The Bertz CT molecular complexity index is 558. The minimum atomic E-state index is -0.115. The maximum Gasteiger partial charge on any atom is 0.138 e. The molecular formula is C15H22N4S. The number of nitrogens with two attached hydrogens (primary N) is 1. The number of rotatable bonds is 4. The van der Waals surface area contributed by atoms with Gasteiger partial charge in [-0.15, -0.1) is 11.3 Å². The van der Waals surface area contributed by atoms with Crippen molar-refractivity contribution in [3.8, 4) is 0 Å². The van der Waals surface area contributed by atoms with Crippen molar-refractivity contribution < 1.29 is 0 Å². The van der Waals surface area contributed by atoms with E-state index in [-0.39, 0.29) is 11.5 Å². The molecule has 0 saturated carbocycles. The molecule has 0 aromatic carbocycles. The van der Waals surface area contributed by atoms with Crippen molar-refractivity contribution in [1.29, 1.82) is 0 Å². The van der Waals surface area contributed by atoms with Gasteiger partial charge in [0.25, 0.3) is 0 Å². The number of anilines is 2. The van der Waals surface area contributed by atoms with Gasteiger partial charge in [-0.3, -0.25) is 0 Å². The highest BCUT2D eigenvalue weighted by molar-refractivity contribution is 7.10. The summed E-state index contributed by atoms with van der Waals surface area (Å²) < 4.78 is 0. The third kappa shape index (κ3) is 3.48. The molecule has 4 nitrogen and oxygen atoms in total. The van der Waals surface area contributed by atoms with Crippen molar-refractivity contribution in [2.24, 2.45) is 0 Å². The topological polar surface area (TPSA) is 63.8 Å². The molecule has 0 aliphatic rings. The van der Waals surface area contributed by atoms with Gasteiger partial charge in [-0.2, -0.15) is 0 Å². The lowest BCUT2D eigenvalue weighted by Gasteiger charge is -2.20. The predicted octanol–water partition coefficient (Wildman–Crippen LogP) is 3.98. The molecule has 0 bridgehead atoms. The molecule has 0 aliphatic heterocycles. The SMILES string of the molecule is CCC(Nc1cc(N)nc(C(C)(C)C)n1)c1cccs1. The number of hydrogen-bond donors (Lipinski definition) is 2. The van der Waals surface area contributed by atoms with E-state index in [0.717, 1.165) is 18.1 Å². The fraction of sp³-hybridized carbons (Fsp3) is 0.467. The Morgan fingerprint density at radius 1 is 1.35 bits per heavy atom. The lowest BCUT2D eigenvalue weighted by Crippen LogP contribution is -2.19. The molecule has 2 aromatic heterocycles. The van der Waals surface area contributed by atoms with Crippen LogP contribution >= 0.6 is 11.3 Å². The van der Waals surface area contributed by atoms with Gasteiger partial charge in [-0.25, -0.2) is 9.97 Å². The molecule has 108 valence electrons. The van der Waals surface area contributed by atoms with E-state index in [0.29, 0.717) is 5.82 Å². The van der Waals surface area contributed by atoms with Crippen LogP contribution in [0, 0.1) is 0 Å². The maximum absolute atomic E-state index is 5.90. The Kier molecular flexibility index (Phi) is 4.28. The van der Waals surface area contributed by atoms with E-state index in [1.54, 1.807) is 17.4 Å². The summed E-state index contributed by atoms with van der Waals surface area (Å²) in [4.78, 5) is 10.2. The highest BCUT2D eigenvalue weighted by Crippen LogP contribution is 2.27. The van der Waals surface area contributed by atoms with Gasteiger partial charge in [0.15, 0.2) is 0 Å². The fourth-order valence-electron chi connectivity index (χ4n) is 1.92. The maximum atomic E-state index is 5.90. The number of thiophene rings is 1. The zero-order valence-electron chi connectivity index (χ0n) is 12.5. The van der Waals surface area contributed by atoms with Crippen molar-refractivity contribution in [2.45, 2.75) is 45.6 Å². The normalized spacial score (nSPS) is 13.2. The van der Waals surface area contributed by atoms with Crippen LogP contribution in [0.3, 0.4) is 0 Å². The minimum absolute atomic E-state index is 0.115. The third-order valence-corrected chi connectivity index (χ3v) is 4.02. The summed E-state index contributed by atoms with van der Waals surface area (Å²) in [5.74, 6) is 2.07. The van der Waals surface area contributed by atoms with Crippen LogP contribution in [0.5, 0.6) is 0 Å². The van der Waals surface area contributed by atoms with E-state index in [1.165, 1.54) is 4.88 Å². The van der Waals surface area contributed by atoms with Crippen molar-refractivity contribution >= 4 is 23.0 Å². The van der Waals surface area contributed by atoms with Crippen LogP contribution in [0.4, 0.5) is 11.6 Å². The van der Waals surface area contributed by atoms with Crippen LogP contribution in [0.1, 0.15) is 50.9 Å². The monoisotopic (exact) mass is 290 g/mol. The Hall–Kier alpha value is -1.62. The van der Waals surface area contributed by atoms with Crippen LogP contribution in [-0.4, -0.2) is 9.97 Å². The minimum Gasteiger partial charge on any atom is -0.384 e. The van der Waals surface area contributed by atoms with Crippen LogP contribution in [0.2, 0.25) is 0 Å². The zero-order valence-corrected chi connectivity index (χ0v) is 13.3. The van der Waals surface area contributed by atoms with E-state index in [4.69, 9.17) is 5.73 Å². The molecule has 0 fully saturated rings. The first-order chi connectivity index (χ1) is 9.40. The molecule has 0 aliphatic carbocycles. The molecule has 2 aromatic rings. The average molecular weight is 290 g/mol. The fourth-order valence-corrected chi connectivity index (χ4v) is 2.78. The molecule has 1 atom stereocenters.